The molecule has 1 aromatic heterocycles. The third-order valence-electron chi connectivity index (χ3n) is 6.22. The Hall–Kier alpha value is -2.95. The van der Waals surface area contributed by atoms with Crippen molar-refractivity contribution in [3.8, 4) is 11.4 Å². The molecule has 3 aromatic carbocycles. The van der Waals surface area contributed by atoms with Gasteiger partial charge in [0.1, 0.15) is 5.75 Å². The number of hydrogen-bond donors (Lipinski definition) is 0. The van der Waals surface area contributed by atoms with Crippen LogP contribution < -0.4 is 4.74 Å². The molecule has 0 fully saturated rings. The highest BCUT2D eigenvalue weighted by Gasteiger charge is 2.45. The van der Waals surface area contributed by atoms with Gasteiger partial charge in [-0.05, 0) is 54.8 Å². The summed E-state index contributed by atoms with van der Waals surface area (Å²) in [7, 11) is 0. The number of para-hydroxylation sites is 2. The Morgan fingerprint density at radius 3 is 2.52 bits per heavy atom. The molecule has 33 heavy (non-hydrogen) atoms. The summed E-state index contributed by atoms with van der Waals surface area (Å²) in [5.74, 6) is 1.47. The summed E-state index contributed by atoms with van der Waals surface area (Å²) in [6.45, 7) is 4.08. The Kier molecular flexibility index (Phi) is 5.81. The lowest BCUT2D eigenvalue weighted by Gasteiger charge is -2.31. The molecule has 0 amide bonds. The van der Waals surface area contributed by atoms with Crippen molar-refractivity contribution in [2.45, 2.75) is 36.5 Å². The molecule has 5 heteroatoms. The van der Waals surface area contributed by atoms with Gasteiger partial charge >= 0.3 is 0 Å². The van der Waals surface area contributed by atoms with Gasteiger partial charge in [0.25, 0.3) is 0 Å². The zero-order valence-electron chi connectivity index (χ0n) is 18.5. The van der Waals surface area contributed by atoms with Crippen molar-refractivity contribution in [1.82, 2.24) is 4.57 Å². The molecule has 0 aliphatic carbocycles. The summed E-state index contributed by atoms with van der Waals surface area (Å²) in [6, 6.07) is 25.8. The number of fused-ring (bicyclic) bond motifs is 3. The van der Waals surface area contributed by atoms with Crippen LogP contribution >= 0.6 is 23.4 Å². The SMILES string of the molecule is CCC1(c2ccc(CSc3c(C)cccc3Cl)cc2)Oc2ccccc2-n2cccc2C1=O. The van der Waals surface area contributed by atoms with Gasteiger partial charge in [-0.1, -0.05) is 67.1 Å². The summed E-state index contributed by atoms with van der Waals surface area (Å²) in [4.78, 5) is 14.9. The second-order valence-electron chi connectivity index (χ2n) is 8.21. The molecule has 1 aliphatic heterocycles. The summed E-state index contributed by atoms with van der Waals surface area (Å²) >= 11 is 8.11. The Morgan fingerprint density at radius 2 is 1.76 bits per heavy atom. The van der Waals surface area contributed by atoms with Gasteiger partial charge in [-0.25, -0.2) is 0 Å². The molecule has 3 nitrogen and oxygen atoms in total. The van der Waals surface area contributed by atoms with Crippen LogP contribution in [0, 0.1) is 6.92 Å². The minimum Gasteiger partial charge on any atom is -0.472 e. The minimum atomic E-state index is -1.08. The molecule has 0 N–H and O–H groups in total. The highest BCUT2D eigenvalue weighted by molar-refractivity contribution is 7.98. The lowest BCUT2D eigenvalue weighted by atomic mass is 9.84. The van der Waals surface area contributed by atoms with E-state index in [0.29, 0.717) is 17.9 Å². The van der Waals surface area contributed by atoms with Crippen LogP contribution in [0.5, 0.6) is 5.75 Å². The number of hydrogen-bond acceptors (Lipinski definition) is 3. The maximum atomic E-state index is 13.8. The third kappa shape index (κ3) is 3.77. The maximum Gasteiger partial charge on any atom is 0.227 e. The quantitative estimate of drug-likeness (QED) is 0.279. The van der Waals surface area contributed by atoms with Crippen LogP contribution in [0.15, 0.2) is 90.0 Å². The van der Waals surface area contributed by atoms with E-state index in [-0.39, 0.29) is 5.78 Å². The van der Waals surface area contributed by atoms with Gasteiger partial charge in [-0.2, -0.15) is 0 Å². The number of ketones is 1. The van der Waals surface area contributed by atoms with Gasteiger partial charge in [-0.15, -0.1) is 11.8 Å². The highest BCUT2D eigenvalue weighted by atomic mass is 35.5. The molecule has 0 saturated heterocycles. The first-order valence-electron chi connectivity index (χ1n) is 11.0. The Balaban J connectivity index is 1.48. The molecular weight excluding hydrogens is 450 g/mol. The zero-order chi connectivity index (χ0) is 23.0. The lowest BCUT2D eigenvalue weighted by Crippen LogP contribution is -2.41. The van der Waals surface area contributed by atoms with Gasteiger partial charge in [-0.3, -0.25) is 4.79 Å². The van der Waals surface area contributed by atoms with Crippen molar-refractivity contribution < 1.29 is 9.53 Å². The van der Waals surface area contributed by atoms with Gasteiger partial charge in [0.05, 0.1) is 16.4 Å². The number of halogens is 1. The van der Waals surface area contributed by atoms with E-state index >= 15 is 0 Å². The Morgan fingerprint density at radius 1 is 0.970 bits per heavy atom. The molecule has 4 aromatic rings. The van der Waals surface area contributed by atoms with E-state index in [9.17, 15) is 4.79 Å². The molecule has 1 unspecified atom stereocenters. The Labute approximate surface area is 203 Å². The van der Waals surface area contributed by atoms with E-state index in [2.05, 4.69) is 25.1 Å². The molecule has 0 saturated carbocycles. The largest absolute Gasteiger partial charge is 0.472 e. The average molecular weight is 474 g/mol. The van der Waals surface area contributed by atoms with Crippen LogP contribution in [-0.4, -0.2) is 10.4 Å². The molecule has 1 aliphatic rings. The number of benzene rings is 3. The topological polar surface area (TPSA) is 31.2 Å². The fourth-order valence-electron chi connectivity index (χ4n) is 4.41. The van der Waals surface area contributed by atoms with Crippen LogP contribution in [0.4, 0.5) is 0 Å². The molecule has 0 spiro atoms. The van der Waals surface area contributed by atoms with Gasteiger partial charge in [0.2, 0.25) is 5.78 Å². The van der Waals surface area contributed by atoms with Crippen molar-refractivity contribution in [3.05, 3.63) is 112 Å². The lowest BCUT2D eigenvalue weighted by molar-refractivity contribution is 0.0424. The number of carbonyl (C=O) groups excluding carboxylic acids is 1. The first-order chi connectivity index (χ1) is 16.0. The van der Waals surface area contributed by atoms with Crippen LogP contribution in [0.2, 0.25) is 5.02 Å². The molecule has 166 valence electrons. The van der Waals surface area contributed by atoms with Crippen LogP contribution in [-0.2, 0) is 11.4 Å². The molecule has 0 bridgehead atoms. The van der Waals surface area contributed by atoms with Gasteiger partial charge in [0.15, 0.2) is 5.60 Å². The van der Waals surface area contributed by atoms with E-state index in [0.717, 1.165) is 26.9 Å². The van der Waals surface area contributed by atoms with E-state index in [4.69, 9.17) is 16.3 Å². The van der Waals surface area contributed by atoms with E-state index in [1.165, 1.54) is 11.1 Å². The summed E-state index contributed by atoms with van der Waals surface area (Å²) in [5.41, 5.74) is 3.64. The fraction of sp³-hybridized carbons (Fsp3) is 0.179. The number of thioether (sulfide) groups is 1. The van der Waals surface area contributed by atoms with Crippen molar-refractivity contribution >= 4 is 29.1 Å². The number of rotatable bonds is 5. The van der Waals surface area contributed by atoms with Crippen molar-refractivity contribution in [1.29, 1.82) is 0 Å². The first-order valence-corrected chi connectivity index (χ1v) is 12.4. The number of Topliss-reactive ketones (excluding diaryl/α,β-unsaturated/α-hetero) is 1. The van der Waals surface area contributed by atoms with Crippen molar-refractivity contribution in [2.75, 3.05) is 0 Å². The first kappa shape index (κ1) is 21.9. The summed E-state index contributed by atoms with van der Waals surface area (Å²) < 4.78 is 8.46. The van der Waals surface area contributed by atoms with E-state index < -0.39 is 5.60 Å². The smallest absolute Gasteiger partial charge is 0.227 e. The van der Waals surface area contributed by atoms with Crippen LogP contribution in [0.25, 0.3) is 5.69 Å². The number of ether oxygens (including phenoxy) is 1. The number of aromatic nitrogens is 1. The summed E-state index contributed by atoms with van der Waals surface area (Å²) in [6.07, 6.45) is 2.44. The number of nitrogens with zero attached hydrogens (tertiary/aromatic N) is 1. The van der Waals surface area contributed by atoms with E-state index in [1.807, 2.05) is 78.4 Å². The standard InChI is InChI=1S/C28H24ClNO2S/c1-3-28(27(31)24-11-7-17-30(24)23-10-4-5-12-25(23)32-28)21-15-13-20(14-16-21)18-33-26-19(2)8-6-9-22(26)29/h4-17H,3,18H2,1-2H3. The highest BCUT2D eigenvalue weighted by Crippen LogP contribution is 2.41. The molecule has 0 radical (unpaired) electrons. The molecular formula is C28H24ClNO2S. The third-order valence-corrected chi connectivity index (χ3v) is 7.96. The van der Waals surface area contributed by atoms with Crippen molar-refractivity contribution in [2.24, 2.45) is 0 Å². The van der Waals surface area contributed by atoms with E-state index in [1.54, 1.807) is 11.8 Å². The number of aryl methyl sites for hydroxylation is 1. The molecule has 5 rings (SSSR count). The monoisotopic (exact) mass is 473 g/mol. The second kappa shape index (κ2) is 8.77. The number of carbonyl (C=O) groups is 1. The summed E-state index contributed by atoms with van der Waals surface area (Å²) in [5, 5.41) is 0.778. The Bertz CT molecular complexity index is 1310. The van der Waals surface area contributed by atoms with Crippen LogP contribution in [0.3, 0.4) is 0 Å². The zero-order valence-corrected chi connectivity index (χ0v) is 20.1. The molecule has 2 heterocycles. The minimum absolute atomic E-state index is 0.0278. The van der Waals surface area contributed by atoms with Crippen molar-refractivity contribution in [3.63, 3.8) is 0 Å². The fourth-order valence-corrected chi connectivity index (χ4v) is 5.80. The normalized spacial score (nSPS) is 17.1. The predicted molar refractivity (Wildman–Crippen MR) is 135 cm³/mol. The molecule has 1 atom stereocenters. The van der Waals surface area contributed by atoms with Crippen LogP contribution in [0.1, 0.15) is 40.5 Å². The van der Waals surface area contributed by atoms with Gasteiger partial charge < -0.3 is 9.30 Å². The second-order valence-corrected chi connectivity index (χ2v) is 9.61. The average Bonchev–Trinajstić information content (AvgIpc) is 3.29. The predicted octanol–water partition coefficient (Wildman–Crippen LogP) is 7.61. The van der Waals surface area contributed by atoms with Gasteiger partial charge in [0, 0.05) is 22.4 Å². The maximum absolute atomic E-state index is 13.8.